The van der Waals surface area contributed by atoms with Crippen LogP contribution in [0.15, 0.2) is 23.4 Å². The molecule has 1 heterocycles. The molecule has 1 N–H and O–H groups in total. The van der Waals surface area contributed by atoms with E-state index in [1.807, 2.05) is 13.1 Å². The van der Waals surface area contributed by atoms with Crippen LogP contribution >= 0.6 is 11.8 Å². The molecule has 1 aromatic heterocycles. The molecule has 0 aliphatic heterocycles. The van der Waals surface area contributed by atoms with Crippen molar-refractivity contribution in [3.8, 4) is 5.75 Å². The molecule has 0 bridgehead atoms. The molecule has 2 rings (SSSR count). The maximum atomic E-state index is 5.45. The van der Waals surface area contributed by atoms with Crippen LogP contribution in [0, 0.1) is 0 Å². The summed E-state index contributed by atoms with van der Waals surface area (Å²) in [5.41, 5.74) is 2.40. The SMILES string of the molecule is CCNC(C)c1ccc(OC)c(CSc2nnnn2C)c1. The number of rotatable bonds is 7. The van der Waals surface area contributed by atoms with Gasteiger partial charge in [-0.1, -0.05) is 24.8 Å². The first kappa shape index (κ1) is 15.8. The second-order valence-electron chi connectivity index (χ2n) is 4.72. The monoisotopic (exact) mass is 307 g/mol. The summed E-state index contributed by atoms with van der Waals surface area (Å²) in [5.74, 6) is 1.66. The Hall–Kier alpha value is -1.60. The van der Waals surface area contributed by atoms with Crippen LogP contribution in [0.4, 0.5) is 0 Å². The largest absolute Gasteiger partial charge is 0.496 e. The molecule has 1 aromatic carbocycles. The highest BCUT2D eigenvalue weighted by atomic mass is 32.2. The van der Waals surface area contributed by atoms with Crippen LogP contribution in [0.25, 0.3) is 0 Å². The molecule has 0 aliphatic rings. The lowest BCUT2D eigenvalue weighted by atomic mass is 10.0. The van der Waals surface area contributed by atoms with Gasteiger partial charge in [0.15, 0.2) is 0 Å². The van der Waals surface area contributed by atoms with Gasteiger partial charge in [0.1, 0.15) is 5.75 Å². The topological polar surface area (TPSA) is 64.9 Å². The van der Waals surface area contributed by atoms with Crippen LogP contribution in [0.2, 0.25) is 0 Å². The Labute approximate surface area is 129 Å². The Balaban J connectivity index is 2.15. The molecule has 0 amide bonds. The van der Waals surface area contributed by atoms with Crippen LogP contribution in [-0.4, -0.2) is 33.9 Å². The molecule has 0 fully saturated rings. The predicted molar refractivity (Wildman–Crippen MR) is 83.4 cm³/mol. The standard InChI is InChI=1S/C14H21N5OS/c1-5-15-10(2)11-6-7-13(20-4)12(8-11)9-21-14-16-17-18-19(14)3/h6-8,10,15H,5,9H2,1-4H3. The average Bonchev–Trinajstić information content (AvgIpc) is 2.90. The van der Waals surface area contributed by atoms with Crippen LogP contribution in [0.5, 0.6) is 5.75 Å². The molecule has 2 aromatic rings. The van der Waals surface area contributed by atoms with Crippen molar-refractivity contribution in [1.82, 2.24) is 25.5 Å². The van der Waals surface area contributed by atoms with E-state index in [1.54, 1.807) is 23.6 Å². The van der Waals surface area contributed by atoms with Gasteiger partial charge < -0.3 is 10.1 Å². The summed E-state index contributed by atoms with van der Waals surface area (Å²) in [7, 11) is 3.53. The molecule has 6 nitrogen and oxygen atoms in total. The summed E-state index contributed by atoms with van der Waals surface area (Å²) in [6, 6.07) is 6.63. The van der Waals surface area contributed by atoms with E-state index >= 15 is 0 Å². The summed E-state index contributed by atoms with van der Waals surface area (Å²) in [6.07, 6.45) is 0. The molecule has 0 aliphatic carbocycles. The van der Waals surface area contributed by atoms with Crippen LogP contribution in [-0.2, 0) is 12.8 Å². The molecule has 1 atom stereocenters. The summed E-state index contributed by atoms with van der Waals surface area (Å²) in [6.45, 7) is 5.22. The van der Waals surface area contributed by atoms with Gasteiger partial charge in [-0.05, 0) is 41.6 Å². The molecule has 0 spiro atoms. The predicted octanol–water partition coefficient (Wildman–Crippen LogP) is 2.18. The molecule has 21 heavy (non-hydrogen) atoms. The van der Waals surface area contributed by atoms with Crippen molar-refractivity contribution >= 4 is 11.8 Å². The Morgan fingerprint density at radius 1 is 1.43 bits per heavy atom. The second-order valence-corrected chi connectivity index (χ2v) is 5.67. The zero-order chi connectivity index (χ0) is 15.2. The van der Waals surface area contributed by atoms with E-state index in [4.69, 9.17) is 4.74 Å². The zero-order valence-electron chi connectivity index (χ0n) is 12.8. The first-order valence-corrected chi connectivity index (χ1v) is 7.89. The number of hydrogen-bond donors (Lipinski definition) is 1. The fourth-order valence-electron chi connectivity index (χ4n) is 2.09. The van der Waals surface area contributed by atoms with Crippen molar-refractivity contribution in [2.24, 2.45) is 7.05 Å². The Morgan fingerprint density at radius 2 is 2.24 bits per heavy atom. The van der Waals surface area contributed by atoms with E-state index in [9.17, 15) is 0 Å². The lowest BCUT2D eigenvalue weighted by Gasteiger charge is -2.16. The molecule has 0 saturated carbocycles. The van der Waals surface area contributed by atoms with E-state index in [0.717, 1.165) is 28.8 Å². The Kier molecular flexibility index (Phi) is 5.58. The number of aromatic nitrogens is 4. The van der Waals surface area contributed by atoms with Gasteiger partial charge in [0.05, 0.1) is 7.11 Å². The number of ether oxygens (including phenoxy) is 1. The molecular formula is C14H21N5OS. The number of nitrogens with one attached hydrogen (secondary N) is 1. The van der Waals surface area contributed by atoms with E-state index < -0.39 is 0 Å². The molecule has 114 valence electrons. The van der Waals surface area contributed by atoms with Crippen molar-refractivity contribution in [2.45, 2.75) is 30.8 Å². The fourth-order valence-corrected chi connectivity index (χ4v) is 2.92. The number of hydrogen-bond acceptors (Lipinski definition) is 6. The lowest BCUT2D eigenvalue weighted by molar-refractivity contribution is 0.411. The summed E-state index contributed by atoms with van der Waals surface area (Å²) >= 11 is 1.60. The molecule has 0 radical (unpaired) electrons. The minimum Gasteiger partial charge on any atom is -0.496 e. The molecule has 1 unspecified atom stereocenters. The zero-order valence-corrected chi connectivity index (χ0v) is 13.6. The van der Waals surface area contributed by atoms with Gasteiger partial charge in [0.25, 0.3) is 0 Å². The summed E-state index contributed by atoms with van der Waals surface area (Å²) in [4.78, 5) is 0. The van der Waals surface area contributed by atoms with Gasteiger partial charge >= 0.3 is 0 Å². The second kappa shape index (κ2) is 7.42. The van der Waals surface area contributed by atoms with Gasteiger partial charge in [-0.3, -0.25) is 0 Å². The van der Waals surface area contributed by atoms with Gasteiger partial charge in [-0.2, -0.15) is 0 Å². The average molecular weight is 307 g/mol. The van der Waals surface area contributed by atoms with Gasteiger partial charge in [0.2, 0.25) is 5.16 Å². The first-order valence-electron chi connectivity index (χ1n) is 6.91. The number of aryl methyl sites for hydroxylation is 1. The van der Waals surface area contributed by atoms with Crippen LogP contribution in [0.3, 0.4) is 0 Å². The fraction of sp³-hybridized carbons (Fsp3) is 0.500. The first-order chi connectivity index (χ1) is 10.2. The summed E-state index contributed by atoms with van der Waals surface area (Å²) in [5, 5.41) is 15.7. The normalized spacial score (nSPS) is 12.4. The highest BCUT2D eigenvalue weighted by Crippen LogP contribution is 2.29. The van der Waals surface area contributed by atoms with Crippen LogP contribution in [0.1, 0.15) is 31.0 Å². The van der Waals surface area contributed by atoms with Crippen molar-refractivity contribution in [3.05, 3.63) is 29.3 Å². The van der Waals surface area contributed by atoms with Gasteiger partial charge in [-0.15, -0.1) is 5.10 Å². The van der Waals surface area contributed by atoms with Crippen molar-refractivity contribution in [3.63, 3.8) is 0 Å². The third kappa shape index (κ3) is 3.95. The van der Waals surface area contributed by atoms with E-state index in [2.05, 4.69) is 46.8 Å². The molecular weight excluding hydrogens is 286 g/mol. The van der Waals surface area contributed by atoms with E-state index in [1.165, 1.54) is 5.56 Å². The summed E-state index contributed by atoms with van der Waals surface area (Å²) < 4.78 is 7.12. The maximum Gasteiger partial charge on any atom is 0.209 e. The highest BCUT2D eigenvalue weighted by Gasteiger charge is 2.11. The number of tetrazole rings is 1. The van der Waals surface area contributed by atoms with Gasteiger partial charge in [0, 0.05) is 24.4 Å². The van der Waals surface area contributed by atoms with Crippen LogP contribution < -0.4 is 10.1 Å². The Morgan fingerprint density at radius 3 is 2.86 bits per heavy atom. The van der Waals surface area contributed by atoms with E-state index in [-0.39, 0.29) is 0 Å². The van der Waals surface area contributed by atoms with Gasteiger partial charge in [-0.25, -0.2) is 4.68 Å². The smallest absolute Gasteiger partial charge is 0.209 e. The Bertz CT molecular complexity index is 586. The molecule has 7 heteroatoms. The van der Waals surface area contributed by atoms with E-state index in [0.29, 0.717) is 6.04 Å². The highest BCUT2D eigenvalue weighted by molar-refractivity contribution is 7.98. The maximum absolute atomic E-state index is 5.45. The number of nitrogens with zero attached hydrogens (tertiary/aromatic N) is 4. The van der Waals surface area contributed by atoms with Crippen molar-refractivity contribution in [1.29, 1.82) is 0 Å². The number of benzene rings is 1. The van der Waals surface area contributed by atoms with Crippen molar-refractivity contribution < 1.29 is 4.74 Å². The minimum atomic E-state index is 0.321. The third-order valence-corrected chi connectivity index (χ3v) is 4.31. The minimum absolute atomic E-state index is 0.321. The quantitative estimate of drug-likeness (QED) is 0.791. The number of methoxy groups -OCH3 is 1. The lowest BCUT2D eigenvalue weighted by Crippen LogP contribution is -2.17. The number of thioether (sulfide) groups is 1. The molecule has 0 saturated heterocycles. The van der Waals surface area contributed by atoms with Crippen molar-refractivity contribution in [2.75, 3.05) is 13.7 Å². The third-order valence-electron chi connectivity index (χ3n) is 3.25.